The molecule has 0 rings (SSSR count). The van der Waals surface area contributed by atoms with E-state index in [2.05, 4.69) is 6.92 Å². The lowest BCUT2D eigenvalue weighted by Crippen LogP contribution is -2.70. The van der Waals surface area contributed by atoms with E-state index in [1.807, 2.05) is 12.2 Å². The molecule has 0 bridgehead atoms. The van der Waals surface area contributed by atoms with Crippen LogP contribution in [0.2, 0.25) is 0 Å². The van der Waals surface area contributed by atoms with Gasteiger partial charge in [-0.1, -0.05) is 64.0 Å². The molecule has 3 unspecified atom stereocenters. The predicted molar refractivity (Wildman–Crippen MR) is 117 cm³/mol. The molecule has 0 aromatic carbocycles. The first-order chi connectivity index (χ1) is 14.1. The Hall–Kier alpha value is -1.89. The summed E-state index contributed by atoms with van der Waals surface area (Å²) in [5, 5.41) is 28.7. The Labute approximate surface area is 181 Å². The van der Waals surface area contributed by atoms with Gasteiger partial charge in [0.25, 0.3) is 0 Å². The summed E-state index contributed by atoms with van der Waals surface area (Å²) in [5.74, 6) is -3.59. The fraction of sp³-hybridized carbons (Fsp3) is 0.783. The van der Waals surface area contributed by atoms with Crippen molar-refractivity contribution < 1.29 is 34.2 Å². The number of nitrogens with zero attached hydrogens (tertiary/aromatic N) is 1. The first-order valence-corrected chi connectivity index (χ1v) is 11.3. The second-order valence-electron chi connectivity index (χ2n) is 8.28. The van der Waals surface area contributed by atoms with Gasteiger partial charge in [0, 0.05) is 6.42 Å². The summed E-state index contributed by atoms with van der Waals surface area (Å²) in [4.78, 5) is 35.1. The molecule has 0 aromatic rings. The lowest BCUT2D eigenvalue weighted by molar-refractivity contribution is -0.967. The lowest BCUT2D eigenvalue weighted by atomic mass is 10.0. The van der Waals surface area contributed by atoms with Crippen LogP contribution in [0.15, 0.2) is 12.2 Å². The number of quaternary nitrogens is 1. The maximum Gasteiger partial charge on any atom is 0.362 e. The molecule has 0 aliphatic carbocycles. The lowest BCUT2D eigenvalue weighted by Gasteiger charge is -2.47. The van der Waals surface area contributed by atoms with Crippen molar-refractivity contribution in [3.8, 4) is 0 Å². The minimum Gasteiger partial charge on any atom is -0.477 e. The Morgan fingerprint density at radius 3 is 1.43 bits per heavy atom. The fourth-order valence-corrected chi connectivity index (χ4v) is 4.13. The van der Waals surface area contributed by atoms with Crippen LogP contribution < -0.4 is 0 Å². The summed E-state index contributed by atoms with van der Waals surface area (Å²) in [6, 6.07) is -3.45. The van der Waals surface area contributed by atoms with E-state index in [4.69, 9.17) is 0 Å². The molecule has 0 spiro atoms. The summed E-state index contributed by atoms with van der Waals surface area (Å²) >= 11 is 0. The maximum absolute atomic E-state index is 11.7. The highest BCUT2D eigenvalue weighted by molar-refractivity contribution is 5.77. The summed E-state index contributed by atoms with van der Waals surface area (Å²) in [7, 11) is 0. The highest BCUT2D eigenvalue weighted by Gasteiger charge is 2.52. The maximum atomic E-state index is 11.7. The minimum absolute atomic E-state index is 0.141. The zero-order chi connectivity index (χ0) is 23.2. The second kappa shape index (κ2) is 15.0. The molecule has 7 heteroatoms. The molecular formula is C23H42NO6+. The molecule has 30 heavy (non-hydrogen) atoms. The second-order valence-corrected chi connectivity index (χ2v) is 8.28. The molecule has 0 amide bonds. The average molecular weight is 429 g/mol. The molecule has 0 aliphatic heterocycles. The summed E-state index contributed by atoms with van der Waals surface area (Å²) < 4.78 is -0.526. The van der Waals surface area contributed by atoms with Crippen LogP contribution in [-0.2, 0) is 14.4 Å². The zero-order valence-corrected chi connectivity index (χ0v) is 19.2. The van der Waals surface area contributed by atoms with Crippen molar-refractivity contribution in [1.29, 1.82) is 0 Å². The molecule has 0 fully saturated rings. The third-order valence-corrected chi connectivity index (χ3v) is 6.31. The highest BCUT2D eigenvalue weighted by Crippen LogP contribution is 2.27. The SMILES string of the molecule is CCCCCCCCCC/C=C/CC[N+](C(C)C(=O)O)(C(C)C(=O)O)C(C)C(=O)O. The standard InChI is InChI=1S/C23H41NO6/c1-5-6-7-8-9-10-11-12-13-14-15-16-17-24(18(2)21(25)26,19(3)22(27)28)20(4)23(29)30/h14-15,18-20H,5-13,16-17H2,1-4H3,(H2-,25,26,27,28,29,30)/p+1/b15-14+. The quantitative estimate of drug-likeness (QED) is 0.166. The number of allylic oxidation sites excluding steroid dienone is 1. The van der Waals surface area contributed by atoms with Crippen LogP contribution in [0.3, 0.4) is 0 Å². The number of carbonyl (C=O) groups is 3. The summed E-state index contributed by atoms with van der Waals surface area (Å²) in [6.07, 6.45) is 15.3. The van der Waals surface area contributed by atoms with E-state index in [1.54, 1.807) is 0 Å². The molecule has 174 valence electrons. The first kappa shape index (κ1) is 28.1. The highest BCUT2D eigenvalue weighted by atomic mass is 16.4. The molecule has 0 heterocycles. The number of carboxylic acids is 3. The van der Waals surface area contributed by atoms with Gasteiger partial charge in [-0.3, -0.25) is 4.48 Å². The largest absolute Gasteiger partial charge is 0.477 e. The van der Waals surface area contributed by atoms with E-state index in [1.165, 1.54) is 65.7 Å². The zero-order valence-electron chi connectivity index (χ0n) is 19.2. The minimum atomic E-state index is -1.20. The normalized spacial score (nSPS) is 16.7. The Balaban J connectivity index is 4.83. The van der Waals surface area contributed by atoms with E-state index in [-0.39, 0.29) is 6.54 Å². The van der Waals surface area contributed by atoms with Gasteiger partial charge in [-0.25, -0.2) is 14.4 Å². The molecule has 7 nitrogen and oxygen atoms in total. The van der Waals surface area contributed by atoms with E-state index in [9.17, 15) is 29.7 Å². The van der Waals surface area contributed by atoms with Gasteiger partial charge in [0.15, 0.2) is 18.1 Å². The van der Waals surface area contributed by atoms with Gasteiger partial charge >= 0.3 is 17.9 Å². The van der Waals surface area contributed by atoms with Gasteiger partial charge in [-0.2, -0.15) is 0 Å². The van der Waals surface area contributed by atoms with Gasteiger partial charge in [0.05, 0.1) is 6.54 Å². The molecule has 0 aliphatic rings. The topological polar surface area (TPSA) is 112 Å². The smallest absolute Gasteiger partial charge is 0.362 e. The number of unbranched alkanes of at least 4 members (excludes halogenated alkanes) is 8. The van der Waals surface area contributed by atoms with Crippen molar-refractivity contribution in [2.45, 2.75) is 110 Å². The van der Waals surface area contributed by atoms with Crippen LogP contribution in [0.1, 0.15) is 91.9 Å². The Morgan fingerprint density at radius 2 is 1.03 bits per heavy atom. The monoisotopic (exact) mass is 428 g/mol. The van der Waals surface area contributed by atoms with Crippen LogP contribution in [0.5, 0.6) is 0 Å². The fourth-order valence-electron chi connectivity index (χ4n) is 4.13. The number of carboxylic acid groups (broad SMARTS) is 3. The van der Waals surface area contributed by atoms with Crippen molar-refractivity contribution in [3.05, 3.63) is 12.2 Å². The van der Waals surface area contributed by atoms with Crippen molar-refractivity contribution >= 4 is 17.9 Å². The Bertz CT molecular complexity index is 510. The van der Waals surface area contributed by atoms with Crippen LogP contribution in [0, 0.1) is 0 Å². The number of rotatable bonds is 18. The van der Waals surface area contributed by atoms with Gasteiger partial charge in [-0.05, 0) is 33.6 Å². The van der Waals surface area contributed by atoms with Crippen molar-refractivity contribution in [2.24, 2.45) is 0 Å². The van der Waals surface area contributed by atoms with Crippen molar-refractivity contribution in [1.82, 2.24) is 0 Å². The van der Waals surface area contributed by atoms with E-state index in [0.717, 1.165) is 12.8 Å². The Kier molecular flexibility index (Phi) is 14.0. The number of hydrogen-bond donors (Lipinski definition) is 3. The number of aliphatic carboxylic acids is 3. The van der Waals surface area contributed by atoms with Gasteiger partial charge in [-0.15, -0.1) is 0 Å². The average Bonchev–Trinajstić information content (AvgIpc) is 2.70. The van der Waals surface area contributed by atoms with E-state index in [0.29, 0.717) is 6.42 Å². The van der Waals surface area contributed by atoms with Gasteiger partial charge in [0.1, 0.15) is 0 Å². The molecular weight excluding hydrogens is 386 g/mol. The Morgan fingerprint density at radius 1 is 0.667 bits per heavy atom. The summed E-state index contributed by atoms with van der Waals surface area (Å²) in [5.41, 5.74) is 0. The van der Waals surface area contributed by atoms with E-state index < -0.39 is 40.5 Å². The van der Waals surface area contributed by atoms with Crippen LogP contribution in [0.4, 0.5) is 0 Å². The van der Waals surface area contributed by atoms with Gasteiger partial charge < -0.3 is 15.3 Å². The van der Waals surface area contributed by atoms with Crippen LogP contribution in [-0.4, -0.2) is 62.4 Å². The molecule has 0 radical (unpaired) electrons. The molecule has 0 saturated heterocycles. The van der Waals surface area contributed by atoms with Gasteiger partial charge in [0.2, 0.25) is 0 Å². The molecule has 3 atom stereocenters. The summed E-state index contributed by atoms with van der Waals surface area (Å²) in [6.45, 7) is 6.53. The van der Waals surface area contributed by atoms with Crippen LogP contribution in [0.25, 0.3) is 0 Å². The van der Waals surface area contributed by atoms with Crippen LogP contribution >= 0.6 is 0 Å². The van der Waals surface area contributed by atoms with E-state index >= 15 is 0 Å². The first-order valence-electron chi connectivity index (χ1n) is 11.3. The van der Waals surface area contributed by atoms with Crippen molar-refractivity contribution in [3.63, 3.8) is 0 Å². The third kappa shape index (κ3) is 8.86. The molecule has 0 saturated carbocycles. The number of hydrogen-bond acceptors (Lipinski definition) is 3. The third-order valence-electron chi connectivity index (χ3n) is 6.31. The van der Waals surface area contributed by atoms with Crippen molar-refractivity contribution in [2.75, 3.05) is 6.54 Å². The predicted octanol–water partition coefficient (Wildman–Crippen LogP) is 4.70. The molecule has 0 aromatic heterocycles. The molecule has 3 N–H and O–H groups in total.